The fourth-order valence-electron chi connectivity index (χ4n) is 0.250. The molecule has 0 aromatic heterocycles. The molecule has 0 spiro atoms. The van der Waals surface area contributed by atoms with Crippen molar-refractivity contribution in [1.29, 1.82) is 0 Å². The zero-order valence-corrected chi connectivity index (χ0v) is 12.5. The molecule has 0 saturated heterocycles. The van der Waals surface area contributed by atoms with Crippen LogP contribution in [0.3, 0.4) is 0 Å². The lowest BCUT2D eigenvalue weighted by Crippen LogP contribution is -1.85. The molecule has 0 N–H and O–H groups in total. The molecule has 0 heterocycles. The molecule has 0 radical (unpaired) electrons. The lowest BCUT2D eigenvalue weighted by atomic mass is 10.0. The number of hydrogen-bond donors (Lipinski definition) is 0. The molecule has 0 amide bonds. The molecule has 0 aliphatic heterocycles. The average Bonchev–Trinajstić information content (AvgIpc) is 2.19. The topological polar surface area (TPSA) is 0 Å². The summed E-state index contributed by atoms with van der Waals surface area (Å²) in [7, 11) is 0. The van der Waals surface area contributed by atoms with Crippen LogP contribution in [0.15, 0.2) is 0 Å². The summed E-state index contributed by atoms with van der Waals surface area (Å²) < 4.78 is 0. The highest BCUT2D eigenvalue weighted by Gasteiger charge is 1.95. The van der Waals surface area contributed by atoms with Gasteiger partial charge in [0, 0.05) is 0 Å². The van der Waals surface area contributed by atoms with E-state index in [1.165, 1.54) is 44.9 Å². The van der Waals surface area contributed by atoms with Crippen LogP contribution in [0.5, 0.6) is 0 Å². The third kappa shape index (κ3) is 41.1. The molecule has 15 heavy (non-hydrogen) atoms. The maximum Gasteiger partial charge on any atom is -0.0474 e. The molecular weight excluding hydrogens is 180 g/mol. The molecule has 1 saturated carbocycles. The van der Waals surface area contributed by atoms with Gasteiger partial charge in [-0.3, -0.25) is 0 Å². The van der Waals surface area contributed by atoms with Gasteiger partial charge in [0.2, 0.25) is 0 Å². The van der Waals surface area contributed by atoms with Crippen LogP contribution in [0.1, 0.15) is 93.4 Å². The van der Waals surface area contributed by atoms with Gasteiger partial charge in [-0.1, -0.05) is 93.4 Å². The van der Waals surface area contributed by atoms with E-state index in [0.717, 1.165) is 5.92 Å². The highest BCUT2D eigenvalue weighted by atomic mass is 14.0. The smallest absolute Gasteiger partial charge is 0.0474 e. The van der Waals surface area contributed by atoms with Gasteiger partial charge in [0.1, 0.15) is 0 Å². The van der Waals surface area contributed by atoms with Crippen LogP contribution in [0.25, 0.3) is 0 Å². The lowest BCUT2D eigenvalue weighted by molar-refractivity contribution is 0.504. The Kier molecular flexibility index (Phi) is 32.2. The summed E-state index contributed by atoms with van der Waals surface area (Å²) >= 11 is 0. The van der Waals surface area contributed by atoms with Gasteiger partial charge in [-0.25, -0.2) is 0 Å². The molecule has 0 unspecified atom stereocenters. The molecule has 0 aromatic rings. The van der Waals surface area contributed by atoms with Gasteiger partial charge in [-0.2, -0.15) is 0 Å². The Hall–Kier alpha value is 0. The van der Waals surface area contributed by atoms with Gasteiger partial charge in [0.05, 0.1) is 0 Å². The second-order valence-corrected chi connectivity index (χ2v) is 4.22. The van der Waals surface area contributed by atoms with Crippen LogP contribution in [-0.2, 0) is 0 Å². The van der Waals surface area contributed by atoms with E-state index < -0.39 is 0 Å². The summed E-state index contributed by atoms with van der Waals surface area (Å²) in [6.45, 7) is 15.0. The minimum atomic E-state index is 0.884. The molecule has 0 bridgehead atoms. The quantitative estimate of drug-likeness (QED) is 0.498. The van der Waals surface area contributed by atoms with Crippen LogP contribution in [0, 0.1) is 5.92 Å². The van der Waals surface area contributed by atoms with Crippen molar-refractivity contribution in [3.8, 4) is 0 Å². The van der Waals surface area contributed by atoms with E-state index >= 15 is 0 Å². The summed E-state index contributed by atoms with van der Waals surface area (Å²) in [6.07, 6.45) is 9.94. The Labute approximate surface area is 99.9 Å². The maximum atomic E-state index is 2.22. The van der Waals surface area contributed by atoms with Crippen molar-refractivity contribution in [1.82, 2.24) is 0 Å². The van der Waals surface area contributed by atoms with Gasteiger partial charge in [0.15, 0.2) is 0 Å². The van der Waals surface area contributed by atoms with Crippen molar-refractivity contribution in [2.45, 2.75) is 93.4 Å². The van der Waals surface area contributed by atoms with Gasteiger partial charge in [0.25, 0.3) is 0 Å². The van der Waals surface area contributed by atoms with Crippen molar-refractivity contribution in [2.75, 3.05) is 0 Å². The van der Waals surface area contributed by atoms with E-state index in [2.05, 4.69) is 34.6 Å². The van der Waals surface area contributed by atoms with Crippen molar-refractivity contribution in [3.63, 3.8) is 0 Å². The Morgan fingerprint density at radius 3 is 0.933 bits per heavy atom. The minimum absolute atomic E-state index is 0.884. The number of unbranched alkanes of at least 4 members (excludes halogenated alkanes) is 1. The molecule has 1 fully saturated rings. The second-order valence-electron chi connectivity index (χ2n) is 4.22. The zero-order valence-electron chi connectivity index (χ0n) is 12.5. The van der Waals surface area contributed by atoms with Gasteiger partial charge in [-0.05, 0) is 5.92 Å². The van der Waals surface area contributed by atoms with E-state index in [1.54, 1.807) is 0 Å². The Morgan fingerprint density at radius 1 is 0.733 bits per heavy atom. The largest absolute Gasteiger partial charge is 0.0683 e. The van der Waals surface area contributed by atoms with E-state index in [9.17, 15) is 0 Å². The van der Waals surface area contributed by atoms with Gasteiger partial charge in [-0.15, -0.1) is 0 Å². The summed E-state index contributed by atoms with van der Waals surface area (Å²) in [4.78, 5) is 0. The maximum absolute atomic E-state index is 2.22. The third-order valence-electron chi connectivity index (χ3n) is 2.32. The molecule has 1 rings (SSSR count). The number of rotatable bonds is 2. The third-order valence-corrected chi connectivity index (χ3v) is 2.32. The Morgan fingerprint density at radius 2 is 0.933 bits per heavy atom. The van der Waals surface area contributed by atoms with E-state index in [4.69, 9.17) is 0 Å². The Bertz CT molecular complexity index is 54.4. The molecule has 0 atom stereocenters. The zero-order chi connectivity index (χ0) is 12.5. The number of hydrogen-bond acceptors (Lipinski definition) is 0. The first kappa shape index (κ1) is 20.4. The van der Waals surface area contributed by atoms with Crippen LogP contribution in [-0.4, -0.2) is 0 Å². The normalized spacial score (nSPS) is 12.0. The summed E-state index contributed by atoms with van der Waals surface area (Å²) in [5.41, 5.74) is 0. The predicted octanol–water partition coefficient (Wildman–Crippen LogP) is 6.45. The highest BCUT2D eigenvalue weighted by molar-refractivity contribution is 4.50. The Balaban J connectivity index is -0.000000134. The predicted molar refractivity (Wildman–Crippen MR) is 75.5 cm³/mol. The van der Waals surface area contributed by atoms with Gasteiger partial charge >= 0.3 is 0 Å². The van der Waals surface area contributed by atoms with Crippen LogP contribution >= 0.6 is 0 Å². The lowest BCUT2D eigenvalue weighted by Gasteiger charge is -2.05. The van der Waals surface area contributed by atoms with Crippen LogP contribution in [0.4, 0.5) is 0 Å². The first-order valence-corrected chi connectivity index (χ1v) is 7.18. The first-order valence-electron chi connectivity index (χ1n) is 7.18. The first-order chi connectivity index (χ1) is 7.18. The minimum Gasteiger partial charge on any atom is -0.0683 e. The average molecular weight is 216 g/mol. The molecule has 0 nitrogen and oxygen atoms in total. The second kappa shape index (κ2) is 23.7. The molecule has 96 valence electrons. The summed E-state index contributed by atoms with van der Waals surface area (Å²) in [6, 6.07) is 0. The van der Waals surface area contributed by atoms with E-state index in [0.29, 0.717) is 0 Å². The SMILES string of the molecule is C1CCC1.CC.CCC(C)C.CCCC. The van der Waals surface area contributed by atoms with Crippen LogP contribution in [0.2, 0.25) is 0 Å². The molecule has 0 heteroatoms. The molecule has 1 aliphatic carbocycles. The molecule has 1 aliphatic rings. The van der Waals surface area contributed by atoms with Crippen molar-refractivity contribution in [3.05, 3.63) is 0 Å². The van der Waals surface area contributed by atoms with E-state index in [1.807, 2.05) is 13.8 Å². The summed E-state index contributed by atoms with van der Waals surface area (Å²) in [5, 5.41) is 0. The van der Waals surface area contributed by atoms with Crippen LogP contribution < -0.4 is 0 Å². The molecular formula is C15H36. The summed E-state index contributed by atoms with van der Waals surface area (Å²) in [5.74, 6) is 0.884. The van der Waals surface area contributed by atoms with Crippen molar-refractivity contribution >= 4 is 0 Å². The standard InChI is InChI=1S/C5H12.C4H8.C4H10.C2H6/c1-4-5(2)3;1-2-4-3-1;1-3-4-2;1-2/h5H,4H2,1-3H3;1-4H2;3-4H2,1-2H3;1-2H3. The van der Waals surface area contributed by atoms with Crippen molar-refractivity contribution in [2.24, 2.45) is 5.92 Å². The molecule has 0 aromatic carbocycles. The van der Waals surface area contributed by atoms with E-state index in [-0.39, 0.29) is 0 Å². The fourth-order valence-corrected chi connectivity index (χ4v) is 0.250. The fraction of sp³-hybridized carbons (Fsp3) is 1.00. The monoisotopic (exact) mass is 216 g/mol. The highest BCUT2D eigenvalue weighted by Crippen LogP contribution is 2.15. The van der Waals surface area contributed by atoms with Gasteiger partial charge < -0.3 is 0 Å². The van der Waals surface area contributed by atoms with Crippen molar-refractivity contribution < 1.29 is 0 Å².